The average molecular weight is 461 g/mol. The Morgan fingerprint density at radius 2 is 1.41 bits per heavy atom. The van der Waals surface area contributed by atoms with Crippen molar-refractivity contribution in [2.24, 2.45) is 4.99 Å². The van der Waals surface area contributed by atoms with E-state index < -0.39 is 0 Å². The molecule has 0 aromatic heterocycles. The highest BCUT2D eigenvalue weighted by atomic mass is 32.2. The van der Waals surface area contributed by atoms with Crippen molar-refractivity contribution in [1.29, 1.82) is 0 Å². The van der Waals surface area contributed by atoms with Crippen LogP contribution < -0.4 is 0 Å². The SMILES string of the molecule is CC1=CSC2=NC(/C=C/c3ccccc3)=C(C(=O)/C=C/c3ccccc3)C(c3ccccc3)N12. The number of allylic oxidation sites excluding steroid dienone is 3. The Labute approximate surface area is 204 Å². The van der Waals surface area contributed by atoms with E-state index in [0.717, 1.165) is 27.6 Å². The van der Waals surface area contributed by atoms with Gasteiger partial charge in [-0.15, -0.1) is 0 Å². The van der Waals surface area contributed by atoms with Crippen molar-refractivity contribution in [3.8, 4) is 0 Å². The van der Waals surface area contributed by atoms with Gasteiger partial charge in [0.25, 0.3) is 0 Å². The predicted octanol–water partition coefficient (Wildman–Crippen LogP) is 7.26. The zero-order chi connectivity index (χ0) is 23.3. The van der Waals surface area contributed by atoms with Crippen molar-refractivity contribution < 1.29 is 4.79 Å². The number of hydrogen-bond donors (Lipinski definition) is 0. The van der Waals surface area contributed by atoms with Crippen LogP contribution in [0.3, 0.4) is 0 Å². The summed E-state index contributed by atoms with van der Waals surface area (Å²) in [5, 5.41) is 2.99. The number of carbonyl (C=O) groups excluding carboxylic acids is 1. The molecule has 0 saturated heterocycles. The van der Waals surface area contributed by atoms with Crippen molar-refractivity contribution in [2.45, 2.75) is 13.0 Å². The molecule has 34 heavy (non-hydrogen) atoms. The minimum Gasteiger partial charge on any atom is -0.312 e. The van der Waals surface area contributed by atoms with Gasteiger partial charge in [-0.3, -0.25) is 4.79 Å². The van der Waals surface area contributed by atoms with Crippen molar-refractivity contribution >= 4 is 34.9 Å². The van der Waals surface area contributed by atoms with Gasteiger partial charge in [0.2, 0.25) is 0 Å². The second kappa shape index (κ2) is 9.94. The summed E-state index contributed by atoms with van der Waals surface area (Å²) in [5.74, 6) is -0.0436. The van der Waals surface area contributed by atoms with Crippen LogP contribution in [0.25, 0.3) is 12.2 Å². The molecule has 0 aliphatic carbocycles. The number of benzene rings is 3. The molecule has 0 amide bonds. The van der Waals surface area contributed by atoms with Gasteiger partial charge in [-0.25, -0.2) is 4.99 Å². The van der Waals surface area contributed by atoms with Crippen LogP contribution in [0.5, 0.6) is 0 Å². The highest BCUT2D eigenvalue weighted by molar-refractivity contribution is 8.16. The van der Waals surface area contributed by atoms with Gasteiger partial charge in [-0.2, -0.15) is 0 Å². The van der Waals surface area contributed by atoms with Crippen LogP contribution in [0.1, 0.15) is 29.7 Å². The average Bonchev–Trinajstić information content (AvgIpc) is 3.27. The first-order valence-electron chi connectivity index (χ1n) is 11.2. The van der Waals surface area contributed by atoms with E-state index >= 15 is 0 Å². The molecule has 2 aliphatic heterocycles. The third-order valence-electron chi connectivity index (χ3n) is 5.79. The number of fused-ring (bicyclic) bond motifs is 1. The van der Waals surface area contributed by atoms with Gasteiger partial charge < -0.3 is 4.90 Å². The number of hydrogen-bond acceptors (Lipinski definition) is 4. The monoisotopic (exact) mass is 460 g/mol. The molecule has 0 fully saturated rings. The molecule has 2 aliphatic rings. The van der Waals surface area contributed by atoms with Gasteiger partial charge in [-0.05, 0) is 41.2 Å². The fraction of sp³-hybridized carbons (Fsp3) is 0.0667. The summed E-state index contributed by atoms with van der Waals surface area (Å²) < 4.78 is 0. The summed E-state index contributed by atoms with van der Waals surface area (Å²) in [7, 11) is 0. The first-order chi connectivity index (χ1) is 16.7. The summed E-state index contributed by atoms with van der Waals surface area (Å²) in [5.41, 5.74) is 5.57. The molecule has 3 nitrogen and oxygen atoms in total. The lowest BCUT2D eigenvalue weighted by Crippen LogP contribution is -2.35. The Hall–Kier alpha value is -3.89. The van der Waals surface area contributed by atoms with Gasteiger partial charge in [-0.1, -0.05) is 115 Å². The number of amidine groups is 1. The summed E-state index contributed by atoms with van der Waals surface area (Å²) >= 11 is 1.60. The summed E-state index contributed by atoms with van der Waals surface area (Å²) in [6, 6.07) is 29.9. The normalized spacial score (nSPS) is 17.8. The summed E-state index contributed by atoms with van der Waals surface area (Å²) in [6.45, 7) is 2.07. The number of thioether (sulfide) groups is 1. The van der Waals surface area contributed by atoms with E-state index in [1.165, 1.54) is 0 Å². The van der Waals surface area contributed by atoms with E-state index in [-0.39, 0.29) is 11.8 Å². The number of aliphatic imine (C=N–C) groups is 1. The quantitative estimate of drug-likeness (QED) is 0.363. The second-order valence-corrected chi connectivity index (χ2v) is 8.94. The molecule has 3 aromatic carbocycles. The number of carbonyl (C=O) groups is 1. The predicted molar refractivity (Wildman–Crippen MR) is 143 cm³/mol. The minimum atomic E-state index is -0.247. The molecule has 1 atom stereocenters. The Kier molecular flexibility index (Phi) is 6.41. The maximum Gasteiger partial charge on any atom is 0.186 e. The van der Waals surface area contributed by atoms with E-state index in [9.17, 15) is 4.79 Å². The fourth-order valence-corrected chi connectivity index (χ4v) is 5.04. The Morgan fingerprint density at radius 1 is 0.824 bits per heavy atom. The van der Waals surface area contributed by atoms with E-state index in [2.05, 4.69) is 29.4 Å². The molecule has 5 rings (SSSR count). The minimum absolute atomic E-state index is 0.0436. The third-order valence-corrected chi connectivity index (χ3v) is 6.74. The molecule has 0 saturated carbocycles. The number of rotatable bonds is 6. The topological polar surface area (TPSA) is 32.7 Å². The first-order valence-corrected chi connectivity index (χ1v) is 12.1. The lowest BCUT2D eigenvalue weighted by molar-refractivity contribution is -0.111. The lowest BCUT2D eigenvalue weighted by Gasteiger charge is -2.35. The Balaban J connectivity index is 1.64. The molecular weight excluding hydrogens is 436 g/mol. The van der Waals surface area contributed by atoms with E-state index in [1.54, 1.807) is 17.8 Å². The van der Waals surface area contributed by atoms with Gasteiger partial charge in [0.15, 0.2) is 11.0 Å². The summed E-state index contributed by atoms with van der Waals surface area (Å²) in [4.78, 5) is 20.9. The third kappa shape index (κ3) is 4.59. The highest BCUT2D eigenvalue weighted by Crippen LogP contribution is 2.44. The van der Waals surface area contributed by atoms with Crippen molar-refractivity contribution in [3.05, 3.63) is 142 Å². The molecule has 4 heteroatoms. The maximum atomic E-state index is 13.8. The molecule has 0 radical (unpaired) electrons. The Bertz CT molecular complexity index is 1340. The standard InChI is InChI=1S/C30H24N2OS/c1-22-21-34-30-31-26(19-17-23-11-5-2-6-12-23)28(27(33)20-18-24-13-7-3-8-14-24)29(32(22)30)25-15-9-4-10-16-25/h2-21,29H,1H3/b19-17+,20-18+. The zero-order valence-corrected chi connectivity index (χ0v) is 19.7. The zero-order valence-electron chi connectivity index (χ0n) is 18.8. The molecule has 0 spiro atoms. The number of ketones is 1. The van der Waals surface area contributed by atoms with Crippen molar-refractivity contribution in [2.75, 3.05) is 0 Å². The van der Waals surface area contributed by atoms with Gasteiger partial charge in [0.05, 0.1) is 17.3 Å². The van der Waals surface area contributed by atoms with Crippen LogP contribution in [0.4, 0.5) is 0 Å². The van der Waals surface area contributed by atoms with E-state index in [1.807, 2.05) is 97.1 Å². The fourth-order valence-electron chi connectivity index (χ4n) is 4.13. The van der Waals surface area contributed by atoms with E-state index in [0.29, 0.717) is 11.3 Å². The van der Waals surface area contributed by atoms with Crippen LogP contribution in [0.15, 0.2) is 131 Å². The molecule has 3 aromatic rings. The second-order valence-electron chi connectivity index (χ2n) is 8.11. The van der Waals surface area contributed by atoms with Gasteiger partial charge in [0.1, 0.15) is 0 Å². The van der Waals surface area contributed by atoms with Crippen molar-refractivity contribution in [1.82, 2.24) is 4.90 Å². The number of nitrogens with zero attached hydrogens (tertiary/aromatic N) is 2. The maximum absolute atomic E-state index is 13.8. The van der Waals surface area contributed by atoms with Crippen LogP contribution in [-0.4, -0.2) is 15.9 Å². The van der Waals surface area contributed by atoms with Crippen LogP contribution in [0, 0.1) is 0 Å². The van der Waals surface area contributed by atoms with Crippen LogP contribution in [0.2, 0.25) is 0 Å². The molecule has 1 unspecified atom stereocenters. The molecule has 0 bridgehead atoms. The van der Waals surface area contributed by atoms with E-state index in [4.69, 9.17) is 4.99 Å². The van der Waals surface area contributed by atoms with Crippen LogP contribution >= 0.6 is 11.8 Å². The van der Waals surface area contributed by atoms with Gasteiger partial charge >= 0.3 is 0 Å². The smallest absolute Gasteiger partial charge is 0.186 e. The Morgan fingerprint density at radius 3 is 2.06 bits per heavy atom. The molecule has 166 valence electrons. The van der Waals surface area contributed by atoms with Gasteiger partial charge in [0, 0.05) is 5.70 Å². The molecular formula is C30H24N2OS. The molecule has 2 heterocycles. The lowest BCUT2D eigenvalue weighted by atomic mass is 9.90. The van der Waals surface area contributed by atoms with Crippen LogP contribution in [-0.2, 0) is 4.79 Å². The largest absolute Gasteiger partial charge is 0.312 e. The first kappa shape index (κ1) is 21.9. The molecule has 0 N–H and O–H groups in total. The van der Waals surface area contributed by atoms with Crippen molar-refractivity contribution in [3.63, 3.8) is 0 Å². The summed E-state index contributed by atoms with van der Waals surface area (Å²) in [6.07, 6.45) is 7.52. The highest BCUT2D eigenvalue weighted by Gasteiger charge is 2.38.